The molecule has 0 heterocycles. The fraction of sp³-hybridized carbons (Fsp3) is 0.364. The number of amides is 1. The third-order valence-electron chi connectivity index (χ3n) is 7.33. The predicted octanol–water partition coefficient (Wildman–Crippen LogP) is 8.99. The molecule has 0 aliphatic heterocycles. The number of aryl methyl sites for hydroxylation is 2. The van der Waals surface area contributed by atoms with Gasteiger partial charge in [0.15, 0.2) is 0 Å². The normalized spacial score (nSPS) is 15.3. The van der Waals surface area contributed by atoms with Crippen molar-refractivity contribution in [1.82, 2.24) is 0 Å². The number of carbonyl (C=O) groups excluding carboxylic acids is 1. The summed E-state index contributed by atoms with van der Waals surface area (Å²) in [5.41, 5.74) is 10.4. The van der Waals surface area contributed by atoms with Crippen molar-refractivity contribution in [2.45, 2.75) is 79.1 Å². The lowest BCUT2D eigenvalue weighted by Crippen LogP contribution is -2.34. The van der Waals surface area contributed by atoms with E-state index in [0.29, 0.717) is 5.56 Å². The Balaban J connectivity index is 0.00000167. The van der Waals surface area contributed by atoms with Gasteiger partial charge in [-0.2, -0.15) is 0 Å². The van der Waals surface area contributed by atoms with Crippen LogP contribution in [-0.4, -0.2) is 5.91 Å². The maximum absolute atomic E-state index is 12.7. The predicted molar refractivity (Wildman–Crippen MR) is 152 cm³/mol. The molecule has 1 aliphatic carbocycles. The minimum atomic E-state index is -0.107. The van der Waals surface area contributed by atoms with Gasteiger partial charge in [-0.1, -0.05) is 90.1 Å². The number of rotatable bonds is 4. The largest absolute Gasteiger partial charge is 0.322 e. The molecule has 0 radical (unpaired) electrons. The summed E-state index contributed by atoms with van der Waals surface area (Å²) >= 11 is 0. The van der Waals surface area contributed by atoms with E-state index < -0.39 is 0 Å². The zero-order valence-corrected chi connectivity index (χ0v) is 22.8. The Bertz CT molecular complexity index is 1210. The molecule has 1 aliphatic rings. The second-order valence-corrected chi connectivity index (χ2v) is 10.9. The van der Waals surface area contributed by atoms with Crippen LogP contribution in [0.15, 0.2) is 67.2 Å². The number of nitrogens with one attached hydrogen (secondary N) is 1. The fourth-order valence-corrected chi connectivity index (χ4v) is 4.87. The van der Waals surface area contributed by atoms with E-state index in [-0.39, 0.29) is 16.7 Å². The maximum atomic E-state index is 12.7. The van der Waals surface area contributed by atoms with Gasteiger partial charge in [-0.05, 0) is 95.2 Å². The Kier molecular flexibility index (Phi) is 7.74. The molecule has 3 aromatic carbocycles. The van der Waals surface area contributed by atoms with Gasteiger partial charge in [0.25, 0.3) is 5.91 Å². The minimum absolute atomic E-state index is 0.107. The molecule has 3 aromatic rings. The summed E-state index contributed by atoms with van der Waals surface area (Å²) in [6, 6.07) is 20.3. The molecule has 1 amide bonds. The van der Waals surface area contributed by atoms with Gasteiger partial charge in [-0.15, -0.1) is 0 Å². The van der Waals surface area contributed by atoms with Gasteiger partial charge >= 0.3 is 0 Å². The van der Waals surface area contributed by atoms with Crippen LogP contribution < -0.4 is 5.32 Å². The van der Waals surface area contributed by atoms with Crippen molar-refractivity contribution in [2.24, 2.45) is 0 Å². The van der Waals surface area contributed by atoms with Crippen LogP contribution in [0.4, 0.5) is 5.69 Å². The third-order valence-corrected chi connectivity index (χ3v) is 7.33. The van der Waals surface area contributed by atoms with E-state index in [1.807, 2.05) is 69.3 Å². The van der Waals surface area contributed by atoms with E-state index in [1.54, 1.807) is 0 Å². The number of fused-ring (bicyclic) bond motifs is 1. The summed E-state index contributed by atoms with van der Waals surface area (Å²) < 4.78 is 0. The average Bonchev–Trinajstić information content (AvgIpc) is 2.84. The van der Waals surface area contributed by atoms with E-state index in [0.717, 1.165) is 16.8 Å². The molecule has 35 heavy (non-hydrogen) atoms. The molecule has 0 saturated heterocycles. The van der Waals surface area contributed by atoms with E-state index in [1.165, 1.54) is 40.7 Å². The first-order chi connectivity index (χ1) is 16.5. The highest BCUT2D eigenvalue weighted by Gasteiger charge is 2.37. The van der Waals surface area contributed by atoms with Gasteiger partial charge in [0.05, 0.1) is 0 Å². The first-order valence-electron chi connectivity index (χ1n) is 12.8. The van der Waals surface area contributed by atoms with Crippen LogP contribution in [0.1, 0.15) is 98.1 Å². The summed E-state index contributed by atoms with van der Waals surface area (Å²) in [6.45, 7) is 22.1. The summed E-state index contributed by atoms with van der Waals surface area (Å²) in [6.07, 6.45) is 2.39. The molecule has 2 nitrogen and oxygen atoms in total. The van der Waals surface area contributed by atoms with Crippen LogP contribution in [0.2, 0.25) is 0 Å². The van der Waals surface area contributed by atoms with Crippen molar-refractivity contribution in [3.8, 4) is 0 Å². The highest BCUT2D eigenvalue weighted by Crippen LogP contribution is 2.47. The zero-order chi connectivity index (χ0) is 26.0. The van der Waals surface area contributed by atoms with E-state index in [4.69, 9.17) is 0 Å². The molecule has 0 spiro atoms. The van der Waals surface area contributed by atoms with E-state index >= 15 is 0 Å². The quantitative estimate of drug-likeness (QED) is 0.407. The van der Waals surface area contributed by atoms with E-state index in [9.17, 15) is 4.79 Å². The van der Waals surface area contributed by atoms with Crippen molar-refractivity contribution >= 4 is 17.2 Å². The Labute approximate surface area is 212 Å². The SMILES string of the molecule is C=C(c1ccc(C(=O)Nc2ccc(C)cc2)cc1)c1cc2c(cc1C)C(C)(C)CCC2(C)C.CC. The van der Waals surface area contributed by atoms with E-state index in [2.05, 4.69) is 58.6 Å². The molecule has 0 fully saturated rings. The maximum Gasteiger partial charge on any atom is 0.255 e. The highest BCUT2D eigenvalue weighted by atomic mass is 16.1. The molecule has 0 aromatic heterocycles. The Morgan fingerprint density at radius 1 is 0.771 bits per heavy atom. The second-order valence-electron chi connectivity index (χ2n) is 10.9. The number of anilines is 1. The first kappa shape index (κ1) is 26.5. The lowest BCUT2D eigenvalue weighted by molar-refractivity contribution is 0.102. The smallest absolute Gasteiger partial charge is 0.255 e. The summed E-state index contributed by atoms with van der Waals surface area (Å²) in [5, 5.41) is 2.96. The molecule has 0 unspecified atom stereocenters. The molecule has 0 atom stereocenters. The lowest BCUT2D eigenvalue weighted by Gasteiger charge is -2.42. The van der Waals surface area contributed by atoms with Gasteiger partial charge in [-0.3, -0.25) is 4.79 Å². The monoisotopic (exact) mass is 467 g/mol. The van der Waals surface area contributed by atoms with Gasteiger partial charge in [-0.25, -0.2) is 0 Å². The second kappa shape index (κ2) is 10.2. The Hall–Kier alpha value is -3.13. The van der Waals surface area contributed by atoms with Crippen molar-refractivity contribution in [3.63, 3.8) is 0 Å². The van der Waals surface area contributed by atoms with Gasteiger partial charge in [0, 0.05) is 11.3 Å². The minimum Gasteiger partial charge on any atom is -0.322 e. The van der Waals surface area contributed by atoms with Crippen LogP contribution in [0.25, 0.3) is 5.57 Å². The first-order valence-corrected chi connectivity index (χ1v) is 12.8. The van der Waals surface area contributed by atoms with Gasteiger partial charge in [0.2, 0.25) is 0 Å². The summed E-state index contributed by atoms with van der Waals surface area (Å²) in [4.78, 5) is 12.7. The number of benzene rings is 3. The van der Waals surface area contributed by atoms with Crippen LogP contribution >= 0.6 is 0 Å². The molecule has 1 N–H and O–H groups in total. The Morgan fingerprint density at radius 2 is 1.26 bits per heavy atom. The fourth-order valence-electron chi connectivity index (χ4n) is 4.87. The van der Waals surface area contributed by atoms with Crippen molar-refractivity contribution in [3.05, 3.63) is 106 Å². The zero-order valence-electron chi connectivity index (χ0n) is 22.8. The third kappa shape index (κ3) is 5.59. The molecular formula is C33H41NO. The summed E-state index contributed by atoms with van der Waals surface area (Å²) in [5.74, 6) is -0.107. The molecule has 184 valence electrons. The van der Waals surface area contributed by atoms with Crippen LogP contribution in [0, 0.1) is 13.8 Å². The van der Waals surface area contributed by atoms with Gasteiger partial charge in [0.1, 0.15) is 0 Å². The van der Waals surface area contributed by atoms with Crippen LogP contribution in [-0.2, 0) is 10.8 Å². The molecule has 0 saturated carbocycles. The van der Waals surface area contributed by atoms with Crippen LogP contribution in [0.5, 0.6) is 0 Å². The summed E-state index contributed by atoms with van der Waals surface area (Å²) in [7, 11) is 0. The molecule has 0 bridgehead atoms. The standard InChI is InChI=1S/C31H35NO.C2H6/c1-20-8-14-25(15-9-20)32-29(33)24-12-10-23(11-13-24)22(3)26-19-28-27(18-21(26)2)30(4,5)16-17-31(28,6)7;1-2/h8-15,18-19H,3,16-17H2,1-2,4-7H3,(H,32,33);1-2H3. The van der Waals surface area contributed by atoms with Crippen molar-refractivity contribution in [1.29, 1.82) is 0 Å². The Morgan fingerprint density at radius 3 is 1.80 bits per heavy atom. The molecule has 4 rings (SSSR count). The lowest BCUT2D eigenvalue weighted by atomic mass is 9.62. The average molecular weight is 468 g/mol. The van der Waals surface area contributed by atoms with Crippen LogP contribution in [0.3, 0.4) is 0 Å². The topological polar surface area (TPSA) is 29.1 Å². The number of hydrogen-bond donors (Lipinski definition) is 1. The number of carbonyl (C=O) groups is 1. The molecule has 2 heteroatoms. The molecular weight excluding hydrogens is 426 g/mol. The van der Waals surface area contributed by atoms with Crippen molar-refractivity contribution < 1.29 is 4.79 Å². The van der Waals surface area contributed by atoms with Gasteiger partial charge < -0.3 is 5.32 Å². The highest BCUT2D eigenvalue weighted by molar-refractivity contribution is 6.04. The number of hydrogen-bond acceptors (Lipinski definition) is 1. The van der Waals surface area contributed by atoms with Crippen molar-refractivity contribution in [2.75, 3.05) is 5.32 Å².